The van der Waals surface area contributed by atoms with Gasteiger partial charge in [-0.25, -0.2) is 4.79 Å². The number of carbonyl (C=O) groups excluding carboxylic acids is 1. The van der Waals surface area contributed by atoms with Crippen LogP contribution in [0, 0.1) is 0 Å². The monoisotopic (exact) mass is 300 g/mol. The quantitative estimate of drug-likeness (QED) is 0.454. The second kappa shape index (κ2) is 13.7. The summed E-state index contributed by atoms with van der Waals surface area (Å²) < 4.78 is 0. The Hall–Kier alpha value is -1.26. The van der Waals surface area contributed by atoms with Crippen LogP contribution in [0.3, 0.4) is 0 Å². The predicted octanol–water partition coefficient (Wildman–Crippen LogP) is 3.68. The van der Waals surface area contributed by atoms with Gasteiger partial charge in [0.25, 0.3) is 0 Å². The van der Waals surface area contributed by atoms with Gasteiger partial charge in [0, 0.05) is 12.6 Å². The van der Waals surface area contributed by atoms with Crippen LogP contribution in [-0.2, 0) is 4.79 Å². The third kappa shape index (κ3) is 13.5. The smallest absolute Gasteiger partial charge is 0.315 e. The zero-order valence-corrected chi connectivity index (χ0v) is 13.6. The fourth-order valence-electron chi connectivity index (χ4n) is 2.21. The van der Waals surface area contributed by atoms with E-state index in [2.05, 4.69) is 17.6 Å². The molecule has 5 nitrogen and oxygen atoms in total. The van der Waals surface area contributed by atoms with Crippen molar-refractivity contribution in [1.29, 1.82) is 0 Å². The average molecular weight is 300 g/mol. The molecule has 2 amide bonds. The molecule has 0 rings (SSSR count). The molecule has 1 atom stereocenters. The molecule has 21 heavy (non-hydrogen) atoms. The van der Waals surface area contributed by atoms with Gasteiger partial charge in [-0.3, -0.25) is 4.79 Å². The van der Waals surface area contributed by atoms with Crippen molar-refractivity contribution in [3.8, 4) is 0 Å². The molecule has 0 aliphatic rings. The maximum atomic E-state index is 11.6. The summed E-state index contributed by atoms with van der Waals surface area (Å²) in [6.07, 6.45) is 10.5. The molecule has 0 spiro atoms. The number of urea groups is 1. The second-order valence-corrected chi connectivity index (χ2v) is 5.58. The van der Waals surface area contributed by atoms with E-state index in [1.165, 1.54) is 38.5 Å². The average Bonchev–Trinajstić information content (AvgIpc) is 2.44. The first kappa shape index (κ1) is 19.7. The number of carboxylic acid groups (broad SMARTS) is 1. The largest absolute Gasteiger partial charge is 0.481 e. The molecule has 3 N–H and O–H groups in total. The number of carbonyl (C=O) groups is 2. The zero-order valence-electron chi connectivity index (χ0n) is 13.6. The summed E-state index contributed by atoms with van der Waals surface area (Å²) in [5, 5.41) is 14.2. The van der Waals surface area contributed by atoms with Gasteiger partial charge < -0.3 is 15.7 Å². The molecule has 0 saturated carbocycles. The first-order chi connectivity index (χ1) is 10.1. The van der Waals surface area contributed by atoms with Crippen molar-refractivity contribution in [2.24, 2.45) is 0 Å². The third-order valence-corrected chi connectivity index (χ3v) is 3.56. The Morgan fingerprint density at radius 3 is 2.05 bits per heavy atom. The van der Waals surface area contributed by atoms with Gasteiger partial charge in [0.15, 0.2) is 0 Å². The van der Waals surface area contributed by atoms with Gasteiger partial charge in [-0.2, -0.15) is 0 Å². The molecule has 0 saturated heterocycles. The summed E-state index contributed by atoms with van der Waals surface area (Å²) in [5.41, 5.74) is 0. The van der Waals surface area contributed by atoms with E-state index in [1.54, 1.807) is 0 Å². The Labute approximate surface area is 128 Å². The van der Waals surface area contributed by atoms with E-state index in [0.717, 1.165) is 12.8 Å². The van der Waals surface area contributed by atoms with Gasteiger partial charge >= 0.3 is 12.0 Å². The van der Waals surface area contributed by atoms with Crippen LogP contribution < -0.4 is 10.6 Å². The molecule has 0 heterocycles. The van der Waals surface area contributed by atoms with Crippen molar-refractivity contribution in [3.05, 3.63) is 0 Å². The highest BCUT2D eigenvalue weighted by molar-refractivity contribution is 5.75. The summed E-state index contributed by atoms with van der Waals surface area (Å²) in [6.45, 7) is 4.74. The lowest BCUT2D eigenvalue weighted by Crippen LogP contribution is -2.43. The Kier molecular flexibility index (Phi) is 12.9. The minimum Gasteiger partial charge on any atom is -0.481 e. The van der Waals surface area contributed by atoms with Gasteiger partial charge in [0.1, 0.15) is 0 Å². The fraction of sp³-hybridized carbons (Fsp3) is 0.875. The van der Waals surface area contributed by atoms with Crippen molar-refractivity contribution in [3.63, 3.8) is 0 Å². The molecule has 0 aromatic rings. The number of nitrogens with one attached hydrogen (secondary N) is 2. The molecule has 1 unspecified atom stereocenters. The van der Waals surface area contributed by atoms with Crippen LogP contribution in [0.15, 0.2) is 0 Å². The number of unbranched alkanes of at least 4 members (excludes halogenated alkanes) is 7. The molecule has 5 heteroatoms. The highest BCUT2D eigenvalue weighted by atomic mass is 16.4. The lowest BCUT2D eigenvalue weighted by atomic mass is 10.1. The first-order valence-electron chi connectivity index (χ1n) is 8.36. The van der Waals surface area contributed by atoms with Crippen LogP contribution in [0.5, 0.6) is 0 Å². The molecule has 0 aromatic heterocycles. The van der Waals surface area contributed by atoms with E-state index >= 15 is 0 Å². The number of carboxylic acids is 1. The van der Waals surface area contributed by atoms with Gasteiger partial charge in [0.05, 0.1) is 6.42 Å². The Morgan fingerprint density at radius 1 is 0.952 bits per heavy atom. The van der Waals surface area contributed by atoms with E-state index < -0.39 is 5.97 Å². The van der Waals surface area contributed by atoms with E-state index in [9.17, 15) is 9.59 Å². The number of aliphatic carboxylic acids is 1. The highest BCUT2D eigenvalue weighted by Gasteiger charge is 2.13. The molecule has 0 fully saturated rings. The molecular weight excluding hydrogens is 268 g/mol. The Bertz CT molecular complexity index is 283. The van der Waals surface area contributed by atoms with E-state index in [-0.39, 0.29) is 18.5 Å². The summed E-state index contributed by atoms with van der Waals surface area (Å²) in [4.78, 5) is 22.2. The summed E-state index contributed by atoms with van der Waals surface area (Å²) in [6, 6.07) is -0.549. The van der Waals surface area contributed by atoms with E-state index in [0.29, 0.717) is 13.0 Å². The summed E-state index contributed by atoms with van der Waals surface area (Å²) in [5.74, 6) is -0.884. The fourth-order valence-corrected chi connectivity index (χ4v) is 2.21. The predicted molar refractivity (Wildman–Crippen MR) is 85.5 cm³/mol. The van der Waals surface area contributed by atoms with Crippen LogP contribution in [0.4, 0.5) is 4.79 Å². The summed E-state index contributed by atoms with van der Waals surface area (Å²) >= 11 is 0. The minimum atomic E-state index is -0.884. The van der Waals surface area contributed by atoms with Gasteiger partial charge in [-0.15, -0.1) is 0 Å². The van der Waals surface area contributed by atoms with Crippen LogP contribution in [0.25, 0.3) is 0 Å². The van der Waals surface area contributed by atoms with Gasteiger partial charge in [-0.05, 0) is 12.8 Å². The Balaban J connectivity index is 3.46. The molecule has 0 aliphatic carbocycles. The number of hydrogen-bond donors (Lipinski definition) is 3. The second-order valence-electron chi connectivity index (χ2n) is 5.58. The van der Waals surface area contributed by atoms with Crippen LogP contribution in [-0.4, -0.2) is 29.7 Å². The normalized spacial score (nSPS) is 11.9. The molecule has 0 aromatic carbocycles. The van der Waals surface area contributed by atoms with Gasteiger partial charge in [-0.1, -0.05) is 58.8 Å². The van der Waals surface area contributed by atoms with Crippen molar-refractivity contribution < 1.29 is 14.7 Å². The lowest BCUT2D eigenvalue weighted by Gasteiger charge is -2.15. The first-order valence-corrected chi connectivity index (χ1v) is 8.36. The van der Waals surface area contributed by atoms with Crippen LogP contribution in [0.1, 0.15) is 78.1 Å². The summed E-state index contributed by atoms with van der Waals surface area (Å²) in [7, 11) is 0. The van der Waals surface area contributed by atoms with Crippen molar-refractivity contribution >= 4 is 12.0 Å². The Morgan fingerprint density at radius 2 is 1.52 bits per heavy atom. The van der Waals surface area contributed by atoms with E-state index in [4.69, 9.17) is 5.11 Å². The minimum absolute atomic E-state index is 0.0261. The lowest BCUT2D eigenvalue weighted by molar-refractivity contribution is -0.137. The topological polar surface area (TPSA) is 78.4 Å². The molecule has 0 radical (unpaired) electrons. The van der Waals surface area contributed by atoms with Crippen LogP contribution >= 0.6 is 0 Å². The van der Waals surface area contributed by atoms with Crippen LogP contribution in [0.2, 0.25) is 0 Å². The third-order valence-electron chi connectivity index (χ3n) is 3.56. The van der Waals surface area contributed by atoms with E-state index in [1.807, 2.05) is 6.92 Å². The maximum absolute atomic E-state index is 11.6. The van der Waals surface area contributed by atoms with Gasteiger partial charge in [0.2, 0.25) is 0 Å². The molecule has 0 bridgehead atoms. The van der Waals surface area contributed by atoms with Crippen molar-refractivity contribution in [1.82, 2.24) is 10.6 Å². The standard InChI is InChI=1S/C16H32N2O3/c1-3-5-6-7-8-9-10-11-12-17-16(21)18-14(4-2)13-15(19)20/h14H,3-13H2,1-2H3,(H,19,20)(H2,17,18,21). The SMILES string of the molecule is CCCCCCCCCCNC(=O)NC(CC)CC(=O)O. The zero-order chi connectivity index (χ0) is 15.9. The molecule has 124 valence electrons. The highest BCUT2D eigenvalue weighted by Crippen LogP contribution is 2.07. The van der Waals surface area contributed by atoms with Crippen molar-refractivity contribution in [2.45, 2.75) is 84.1 Å². The maximum Gasteiger partial charge on any atom is 0.315 e. The molecule has 0 aliphatic heterocycles. The number of hydrogen-bond acceptors (Lipinski definition) is 2. The van der Waals surface area contributed by atoms with Crippen molar-refractivity contribution in [2.75, 3.05) is 6.54 Å². The molecular formula is C16H32N2O3. The number of amides is 2. The number of rotatable bonds is 13.